The quantitative estimate of drug-likeness (QED) is 0.107. The molecular weight excluding hydrogens is 658 g/mol. The van der Waals surface area contributed by atoms with Gasteiger partial charge in [-0.25, -0.2) is 4.79 Å². The van der Waals surface area contributed by atoms with Gasteiger partial charge in [0, 0.05) is 43.6 Å². The highest BCUT2D eigenvalue weighted by atomic mass is 16.5. The maximum atomic E-state index is 13.9. The summed E-state index contributed by atoms with van der Waals surface area (Å²) in [7, 11) is 1.69. The van der Waals surface area contributed by atoms with Gasteiger partial charge in [-0.3, -0.25) is 0 Å². The summed E-state index contributed by atoms with van der Waals surface area (Å²) < 4.78 is 11.1. The number of aliphatic hydroxyl groups is 4. The summed E-state index contributed by atoms with van der Waals surface area (Å²) in [6, 6.07) is 0. The number of hydrogen-bond acceptors (Lipinski definition) is 9. The molecule has 0 aromatic carbocycles. The topological polar surface area (TPSA) is 146 Å². The van der Waals surface area contributed by atoms with E-state index in [0.29, 0.717) is 75.9 Å². The largest absolute Gasteiger partial charge is 0.450 e. The van der Waals surface area contributed by atoms with Gasteiger partial charge in [-0.05, 0) is 123 Å². The average Bonchev–Trinajstić information content (AvgIpc) is 3.82. The van der Waals surface area contributed by atoms with E-state index >= 15 is 0 Å². The summed E-state index contributed by atoms with van der Waals surface area (Å²) in [4.78, 5) is 26.9. The molecule has 286 valence electrons. The van der Waals surface area contributed by atoms with Crippen LogP contribution in [-0.4, -0.2) is 88.5 Å². The molecule has 8 aliphatic carbocycles. The summed E-state index contributed by atoms with van der Waals surface area (Å²) >= 11 is 0. The van der Waals surface area contributed by atoms with E-state index in [-0.39, 0.29) is 30.1 Å². The number of methoxy groups -OCH3 is 1. The fourth-order valence-corrected chi connectivity index (χ4v) is 15.4. The number of rotatable bonds is 8. The van der Waals surface area contributed by atoms with Gasteiger partial charge < -0.3 is 40.0 Å². The third-order valence-corrected chi connectivity index (χ3v) is 17.4. The predicted molar refractivity (Wildman–Crippen MR) is 193 cm³/mol. The highest BCUT2D eigenvalue weighted by molar-refractivity contribution is 5.87. The first kappa shape index (κ1) is 35.8. The van der Waals surface area contributed by atoms with Crippen LogP contribution in [0.1, 0.15) is 96.8 Å². The van der Waals surface area contributed by atoms with Gasteiger partial charge in [0.2, 0.25) is 0 Å². The van der Waals surface area contributed by atoms with Crippen LogP contribution in [-0.2, 0) is 19.1 Å². The molecule has 9 rings (SSSR count). The fourth-order valence-electron chi connectivity index (χ4n) is 15.4. The van der Waals surface area contributed by atoms with Gasteiger partial charge in [-0.2, -0.15) is 0 Å². The second-order valence-corrected chi connectivity index (χ2v) is 19.1. The van der Waals surface area contributed by atoms with Gasteiger partial charge in [0.25, 0.3) is 0 Å². The first-order valence-corrected chi connectivity index (χ1v) is 20.8. The van der Waals surface area contributed by atoms with Crippen molar-refractivity contribution in [2.75, 3.05) is 26.8 Å². The fraction of sp³-hybridized carbons (Fsp3) is 0.814. The number of aldehydes is 1. The molecular formula is C43H61NO8. The smallest absolute Gasteiger partial charge is 0.331 e. The lowest BCUT2D eigenvalue weighted by atomic mass is 9.36. The van der Waals surface area contributed by atoms with Gasteiger partial charge in [0.1, 0.15) is 18.0 Å². The molecule has 6 fully saturated rings. The zero-order valence-electron chi connectivity index (χ0n) is 31.2. The van der Waals surface area contributed by atoms with Crippen molar-refractivity contribution in [2.45, 2.75) is 126 Å². The van der Waals surface area contributed by atoms with Crippen molar-refractivity contribution in [1.82, 2.24) is 5.32 Å². The van der Waals surface area contributed by atoms with E-state index in [9.17, 15) is 30.0 Å². The molecule has 9 heteroatoms. The van der Waals surface area contributed by atoms with Crippen molar-refractivity contribution >= 4 is 12.3 Å². The standard InChI is InChI=1S/C43H61NO8/c1-39-13-12-35-40(24-45)14-11-34(46)33-18-26-9-5-10-30(25-7-3-4-8-25)31(26)19-29(43(33,40)50)22-41(35,48)42(39,49)21-27-17-28(23-44-15-6-16-51-2)38-32(37(27)39)20-36(47)52-38/h5,9,17,20,24-27,29-31,33-35,37-38,44,46,48-50H,3-4,6-8,10-16,18-19,21-23H2,1-2H3/t26-,27-,29+,30+,31+,33+,34+,35-,37-,38+,39-,40+,41+,42-,43+/m1/s1. The molecule has 9 nitrogen and oxygen atoms in total. The molecule has 0 bridgehead atoms. The minimum absolute atomic E-state index is 0.117. The van der Waals surface area contributed by atoms with E-state index < -0.39 is 57.6 Å². The molecule has 0 saturated heterocycles. The Morgan fingerprint density at radius 1 is 1.04 bits per heavy atom. The van der Waals surface area contributed by atoms with Crippen LogP contribution in [0.25, 0.3) is 0 Å². The summed E-state index contributed by atoms with van der Waals surface area (Å²) in [6.07, 6.45) is 18.7. The Morgan fingerprint density at radius 3 is 2.62 bits per heavy atom. The van der Waals surface area contributed by atoms with Crippen LogP contribution < -0.4 is 5.32 Å². The van der Waals surface area contributed by atoms with Gasteiger partial charge in [-0.15, -0.1) is 0 Å². The molecule has 0 unspecified atom stereocenters. The van der Waals surface area contributed by atoms with E-state index in [4.69, 9.17) is 9.47 Å². The Labute approximate surface area is 308 Å². The van der Waals surface area contributed by atoms with Crippen molar-refractivity contribution in [3.63, 3.8) is 0 Å². The minimum atomic E-state index is -1.64. The van der Waals surface area contributed by atoms with Gasteiger partial charge in [0.15, 0.2) is 0 Å². The van der Waals surface area contributed by atoms with E-state index in [1.54, 1.807) is 13.2 Å². The van der Waals surface area contributed by atoms with Crippen LogP contribution in [0.15, 0.2) is 35.5 Å². The van der Waals surface area contributed by atoms with Crippen LogP contribution in [0, 0.1) is 64.1 Å². The Bertz CT molecular complexity index is 1550. The molecule has 15 atom stereocenters. The number of carbonyl (C=O) groups excluding carboxylic acids is 2. The summed E-state index contributed by atoms with van der Waals surface area (Å²) in [5.74, 6) is -0.590. The highest BCUT2D eigenvalue weighted by Gasteiger charge is 2.82. The van der Waals surface area contributed by atoms with Gasteiger partial charge >= 0.3 is 5.97 Å². The second kappa shape index (κ2) is 12.6. The molecule has 0 aromatic rings. The molecule has 9 aliphatic rings. The number of aliphatic hydroxyl groups excluding tert-OH is 1. The monoisotopic (exact) mass is 719 g/mol. The van der Waals surface area contributed by atoms with Crippen molar-refractivity contribution in [3.8, 4) is 0 Å². The molecule has 0 spiro atoms. The Balaban J connectivity index is 1.12. The number of fused-ring (bicyclic) bond motifs is 9. The van der Waals surface area contributed by atoms with Crippen molar-refractivity contribution in [1.29, 1.82) is 0 Å². The van der Waals surface area contributed by atoms with Crippen molar-refractivity contribution in [3.05, 3.63) is 35.5 Å². The lowest BCUT2D eigenvalue weighted by Gasteiger charge is -2.71. The predicted octanol–water partition coefficient (Wildman–Crippen LogP) is 4.42. The summed E-state index contributed by atoms with van der Waals surface area (Å²) in [5.41, 5.74) is -4.85. The van der Waals surface area contributed by atoms with Crippen molar-refractivity contribution < 1.29 is 39.5 Å². The maximum Gasteiger partial charge on any atom is 0.331 e. The zero-order valence-corrected chi connectivity index (χ0v) is 31.2. The minimum Gasteiger partial charge on any atom is -0.450 e. The highest BCUT2D eigenvalue weighted by Crippen LogP contribution is 2.76. The first-order valence-electron chi connectivity index (χ1n) is 20.8. The first-order chi connectivity index (χ1) is 25.0. The molecule has 0 radical (unpaired) electrons. The van der Waals surface area contributed by atoms with Crippen LogP contribution in [0.2, 0.25) is 0 Å². The molecule has 5 N–H and O–H groups in total. The number of esters is 1. The second-order valence-electron chi connectivity index (χ2n) is 19.1. The maximum absolute atomic E-state index is 13.9. The normalized spacial score (nSPS) is 51.8. The third-order valence-electron chi connectivity index (χ3n) is 17.4. The lowest BCUT2D eigenvalue weighted by molar-refractivity contribution is -0.341. The van der Waals surface area contributed by atoms with E-state index in [1.807, 2.05) is 0 Å². The SMILES string of the molecule is COCCCNCC1=C[C@@H]2C[C@@]3(O)[C@](C)(CC[C@H]4[C@@]3(O)C[C@@H]3C[C@H]5[C@H](C=CC[C@H]5C5CCCC5)C[C@H]5[C@@H](O)CC[C@@]4(C=O)[C@]35O)[C@H]2C2=CC(=O)O[C@@H]12. The third kappa shape index (κ3) is 4.62. The van der Waals surface area contributed by atoms with Crippen LogP contribution in [0.3, 0.4) is 0 Å². The zero-order chi connectivity index (χ0) is 36.3. The molecule has 0 amide bonds. The Morgan fingerprint density at radius 2 is 1.85 bits per heavy atom. The van der Waals surface area contributed by atoms with Crippen molar-refractivity contribution in [2.24, 2.45) is 64.1 Å². The van der Waals surface area contributed by atoms with E-state index in [1.165, 1.54) is 25.7 Å². The van der Waals surface area contributed by atoms with E-state index in [0.717, 1.165) is 36.8 Å². The molecule has 52 heavy (non-hydrogen) atoms. The summed E-state index contributed by atoms with van der Waals surface area (Å²) in [6.45, 7) is 4.07. The Hall–Kier alpha value is -1.88. The average molecular weight is 720 g/mol. The van der Waals surface area contributed by atoms with Crippen LogP contribution in [0.4, 0.5) is 0 Å². The van der Waals surface area contributed by atoms with E-state index in [2.05, 4.69) is 30.5 Å². The molecule has 1 heterocycles. The van der Waals surface area contributed by atoms with Gasteiger partial charge in [0.05, 0.1) is 22.7 Å². The lowest BCUT2D eigenvalue weighted by Crippen LogP contribution is -2.80. The number of carbonyl (C=O) groups is 2. The van der Waals surface area contributed by atoms with Crippen LogP contribution in [0.5, 0.6) is 0 Å². The number of allylic oxidation sites excluding steroid dienone is 3. The molecule has 6 saturated carbocycles. The van der Waals surface area contributed by atoms with Crippen LogP contribution >= 0.6 is 0 Å². The number of ether oxygens (including phenoxy) is 2. The Kier molecular flexibility index (Phi) is 8.65. The van der Waals surface area contributed by atoms with Gasteiger partial charge in [-0.1, -0.05) is 50.8 Å². The number of hydrogen-bond donors (Lipinski definition) is 5. The number of nitrogens with one attached hydrogen (secondary N) is 1. The summed E-state index contributed by atoms with van der Waals surface area (Å²) in [5, 5.41) is 55.9. The molecule has 1 aliphatic heterocycles. The molecule has 0 aromatic heterocycles.